The Morgan fingerprint density at radius 1 is 0.920 bits per heavy atom. The lowest BCUT2D eigenvalue weighted by Crippen LogP contribution is -2.32. The van der Waals surface area contributed by atoms with E-state index in [-0.39, 0.29) is 5.92 Å². The molecule has 4 nitrogen and oxygen atoms in total. The van der Waals surface area contributed by atoms with E-state index in [1.165, 1.54) is 5.56 Å². The fourth-order valence-corrected chi connectivity index (χ4v) is 4.66. The molecule has 0 aromatic heterocycles. The van der Waals surface area contributed by atoms with Crippen molar-refractivity contribution in [3.63, 3.8) is 0 Å². The highest BCUT2D eigenvalue weighted by Gasteiger charge is 2.20. The van der Waals surface area contributed by atoms with Crippen molar-refractivity contribution in [1.82, 2.24) is 4.72 Å². The third-order valence-corrected chi connectivity index (χ3v) is 6.01. The third kappa shape index (κ3) is 5.06. The maximum atomic E-state index is 12.7. The van der Waals surface area contributed by atoms with Gasteiger partial charge in [0.05, 0.1) is 4.90 Å². The van der Waals surface area contributed by atoms with Crippen LogP contribution in [0.25, 0.3) is 0 Å². The Hall–Kier alpha value is -1.85. The summed E-state index contributed by atoms with van der Waals surface area (Å²) in [6.45, 7) is 10.9. The largest absolute Gasteiger partial charge is 0.385 e. The van der Waals surface area contributed by atoms with E-state index in [9.17, 15) is 8.42 Å². The molecule has 1 atom stereocenters. The Bertz CT molecular complexity index is 822. The van der Waals surface area contributed by atoms with Gasteiger partial charge in [-0.25, -0.2) is 13.1 Å². The van der Waals surface area contributed by atoms with Crippen LogP contribution in [0.1, 0.15) is 29.2 Å². The zero-order valence-corrected chi connectivity index (χ0v) is 16.5. The number of hydrogen-bond donors (Lipinski definition) is 2. The maximum absolute atomic E-state index is 12.7. The summed E-state index contributed by atoms with van der Waals surface area (Å²) in [6, 6.07) is 11.9. The second kappa shape index (κ2) is 8.02. The smallest absolute Gasteiger partial charge is 0.241 e. The molecule has 0 spiro atoms. The molecule has 0 aliphatic heterocycles. The van der Waals surface area contributed by atoms with Crippen LogP contribution in [0.4, 0.5) is 5.69 Å². The van der Waals surface area contributed by atoms with Crippen LogP contribution in [0, 0.1) is 33.6 Å². The van der Waals surface area contributed by atoms with Crippen molar-refractivity contribution in [2.75, 3.05) is 18.4 Å². The lowest BCUT2D eigenvalue weighted by atomic mass is 10.1. The van der Waals surface area contributed by atoms with E-state index in [2.05, 4.69) is 23.0 Å². The molecule has 0 radical (unpaired) electrons. The standard InChI is InChI=1S/C20H28N2O2S/c1-14-10-17(4)20(18(5)11-14)25(23,24)22-13-15(2)12-21-19-9-7-6-8-16(19)3/h6-11,15,21-22H,12-13H2,1-5H3. The molecule has 0 aliphatic carbocycles. The SMILES string of the molecule is Cc1cc(C)c(S(=O)(=O)NCC(C)CNc2ccccc2C)c(C)c1. The highest BCUT2D eigenvalue weighted by Crippen LogP contribution is 2.21. The van der Waals surface area contributed by atoms with Gasteiger partial charge in [0.15, 0.2) is 0 Å². The average Bonchev–Trinajstić information content (AvgIpc) is 2.51. The van der Waals surface area contributed by atoms with E-state index in [1.807, 2.05) is 58.0 Å². The van der Waals surface area contributed by atoms with Crippen molar-refractivity contribution >= 4 is 15.7 Å². The van der Waals surface area contributed by atoms with Gasteiger partial charge in [0, 0.05) is 18.8 Å². The first-order valence-corrected chi connectivity index (χ1v) is 10.1. The van der Waals surface area contributed by atoms with Gasteiger partial charge >= 0.3 is 0 Å². The topological polar surface area (TPSA) is 58.2 Å². The molecule has 2 aromatic carbocycles. The van der Waals surface area contributed by atoms with Gasteiger partial charge in [-0.3, -0.25) is 0 Å². The van der Waals surface area contributed by atoms with Crippen molar-refractivity contribution in [2.45, 2.75) is 39.5 Å². The average molecular weight is 361 g/mol. The van der Waals surface area contributed by atoms with Crippen molar-refractivity contribution in [1.29, 1.82) is 0 Å². The monoisotopic (exact) mass is 360 g/mol. The molecule has 2 aromatic rings. The number of rotatable bonds is 7. The van der Waals surface area contributed by atoms with Crippen LogP contribution in [0.5, 0.6) is 0 Å². The molecule has 0 bridgehead atoms. The van der Waals surface area contributed by atoms with Crippen molar-refractivity contribution < 1.29 is 8.42 Å². The van der Waals surface area contributed by atoms with Crippen LogP contribution in [-0.2, 0) is 10.0 Å². The minimum atomic E-state index is -3.50. The number of nitrogens with one attached hydrogen (secondary N) is 2. The van der Waals surface area contributed by atoms with Crippen LogP contribution >= 0.6 is 0 Å². The van der Waals surface area contributed by atoms with Gasteiger partial charge < -0.3 is 5.32 Å². The van der Waals surface area contributed by atoms with E-state index in [4.69, 9.17) is 0 Å². The van der Waals surface area contributed by atoms with Crippen LogP contribution in [0.15, 0.2) is 41.3 Å². The molecule has 2 N–H and O–H groups in total. The molecule has 25 heavy (non-hydrogen) atoms. The quantitative estimate of drug-likeness (QED) is 0.786. The van der Waals surface area contributed by atoms with Crippen molar-refractivity contribution in [3.8, 4) is 0 Å². The van der Waals surface area contributed by atoms with Crippen LogP contribution < -0.4 is 10.0 Å². The summed E-state index contributed by atoms with van der Waals surface area (Å²) in [5.41, 5.74) is 4.92. The Morgan fingerprint density at radius 2 is 1.52 bits per heavy atom. The molecule has 0 saturated carbocycles. The molecule has 0 fully saturated rings. The summed E-state index contributed by atoms with van der Waals surface area (Å²) in [6.07, 6.45) is 0. The first-order valence-electron chi connectivity index (χ1n) is 8.57. The van der Waals surface area contributed by atoms with Gasteiger partial charge in [-0.15, -0.1) is 0 Å². The molecule has 0 saturated heterocycles. The summed E-state index contributed by atoms with van der Waals surface area (Å²) in [4.78, 5) is 0.400. The predicted molar refractivity (Wildman–Crippen MR) is 105 cm³/mol. The molecule has 136 valence electrons. The van der Waals surface area contributed by atoms with Gasteiger partial charge in [-0.2, -0.15) is 0 Å². The number of aryl methyl sites for hydroxylation is 4. The maximum Gasteiger partial charge on any atom is 0.241 e. The third-order valence-electron chi connectivity index (χ3n) is 4.28. The van der Waals surface area contributed by atoms with E-state index < -0.39 is 10.0 Å². The first-order chi connectivity index (χ1) is 11.7. The fourth-order valence-electron chi connectivity index (χ4n) is 3.04. The van der Waals surface area contributed by atoms with Crippen LogP contribution in [0.3, 0.4) is 0 Å². The molecular weight excluding hydrogens is 332 g/mol. The van der Waals surface area contributed by atoms with Crippen LogP contribution in [-0.4, -0.2) is 21.5 Å². The summed E-state index contributed by atoms with van der Waals surface area (Å²) < 4.78 is 28.1. The first kappa shape index (κ1) is 19.5. The normalized spacial score (nSPS) is 12.8. The summed E-state index contributed by atoms with van der Waals surface area (Å²) >= 11 is 0. The van der Waals surface area contributed by atoms with Gasteiger partial charge in [0.2, 0.25) is 10.0 Å². The second-order valence-electron chi connectivity index (χ2n) is 6.88. The summed E-state index contributed by atoms with van der Waals surface area (Å²) in [7, 11) is -3.50. The summed E-state index contributed by atoms with van der Waals surface area (Å²) in [5, 5.41) is 3.38. The lowest BCUT2D eigenvalue weighted by molar-refractivity contribution is 0.550. The Kier molecular flexibility index (Phi) is 6.25. The zero-order valence-electron chi connectivity index (χ0n) is 15.7. The van der Waals surface area contributed by atoms with Gasteiger partial charge in [0.25, 0.3) is 0 Å². The number of anilines is 1. The fraction of sp³-hybridized carbons (Fsp3) is 0.400. The highest BCUT2D eigenvalue weighted by molar-refractivity contribution is 7.89. The van der Waals surface area contributed by atoms with E-state index in [0.29, 0.717) is 18.0 Å². The lowest BCUT2D eigenvalue weighted by Gasteiger charge is -2.17. The Balaban J connectivity index is 1.99. The van der Waals surface area contributed by atoms with Gasteiger partial charge in [-0.1, -0.05) is 42.8 Å². The number of para-hydroxylation sites is 1. The van der Waals surface area contributed by atoms with Crippen molar-refractivity contribution in [2.24, 2.45) is 5.92 Å². The minimum Gasteiger partial charge on any atom is -0.385 e. The second-order valence-corrected chi connectivity index (χ2v) is 8.58. The number of benzene rings is 2. The Morgan fingerprint density at radius 3 is 2.12 bits per heavy atom. The Labute approximate surface area is 151 Å². The molecule has 0 amide bonds. The van der Waals surface area contributed by atoms with Gasteiger partial charge in [0.1, 0.15) is 0 Å². The molecule has 0 aliphatic rings. The van der Waals surface area contributed by atoms with E-state index >= 15 is 0 Å². The van der Waals surface area contributed by atoms with E-state index in [1.54, 1.807) is 0 Å². The van der Waals surface area contributed by atoms with Crippen LogP contribution in [0.2, 0.25) is 0 Å². The van der Waals surface area contributed by atoms with Crippen molar-refractivity contribution in [3.05, 3.63) is 58.7 Å². The van der Waals surface area contributed by atoms with E-state index in [0.717, 1.165) is 22.4 Å². The molecule has 2 rings (SSSR count). The zero-order chi connectivity index (χ0) is 18.6. The molecule has 1 unspecified atom stereocenters. The molecule has 5 heteroatoms. The molecule has 0 heterocycles. The predicted octanol–water partition coefficient (Wildman–Crippen LogP) is 3.95. The minimum absolute atomic E-state index is 0.167. The highest BCUT2D eigenvalue weighted by atomic mass is 32.2. The number of hydrogen-bond acceptors (Lipinski definition) is 3. The molecular formula is C20H28N2O2S. The number of sulfonamides is 1. The summed E-state index contributed by atoms with van der Waals surface area (Å²) in [5.74, 6) is 0.167. The van der Waals surface area contributed by atoms with Gasteiger partial charge in [-0.05, 0) is 56.4 Å².